The fourth-order valence-corrected chi connectivity index (χ4v) is 1.66. The first-order valence-corrected chi connectivity index (χ1v) is 5.40. The maximum Gasteiger partial charge on any atom is 0.409 e. The number of carbonyl (C=O) groups is 1. The number of alkyl halides is 1. The zero-order chi connectivity index (χ0) is 9.68. The van der Waals surface area contributed by atoms with Crippen LogP contribution in [0.5, 0.6) is 0 Å². The van der Waals surface area contributed by atoms with Gasteiger partial charge in [-0.1, -0.05) is 34.7 Å². The minimum absolute atomic E-state index is 0.634. The van der Waals surface area contributed by atoms with Crippen molar-refractivity contribution in [2.45, 2.75) is 6.42 Å². The fourth-order valence-electron chi connectivity index (χ4n) is 1.04. The second kappa shape index (κ2) is 5.06. The molecule has 0 bridgehead atoms. The highest BCUT2D eigenvalue weighted by Gasteiger charge is 1.98. The van der Waals surface area contributed by atoms with E-state index in [1.165, 1.54) is 0 Å². The molecule has 1 amide bonds. The Kier molecular flexibility index (Phi) is 4.01. The maximum absolute atomic E-state index is 10.3. The van der Waals surface area contributed by atoms with E-state index in [4.69, 9.17) is 5.11 Å². The largest absolute Gasteiger partial charge is 0.465 e. The van der Waals surface area contributed by atoms with E-state index in [9.17, 15) is 4.79 Å². The van der Waals surface area contributed by atoms with E-state index in [2.05, 4.69) is 27.9 Å². The normalized spacial score (nSPS) is 9.62. The Labute approximate surface area is 90.3 Å². The molecule has 0 aliphatic rings. The van der Waals surface area contributed by atoms with Crippen LogP contribution in [-0.2, 0) is 6.42 Å². The predicted molar refractivity (Wildman–Crippen MR) is 60.7 cm³/mol. The number of nitrogens with one attached hydrogen (secondary N) is 1. The van der Waals surface area contributed by atoms with Crippen molar-refractivity contribution in [1.82, 2.24) is 0 Å². The Balaban J connectivity index is 2.73. The van der Waals surface area contributed by atoms with Crippen molar-refractivity contribution in [2.24, 2.45) is 0 Å². The first-order valence-electron chi connectivity index (χ1n) is 3.87. The van der Waals surface area contributed by atoms with Crippen LogP contribution in [-0.4, -0.2) is 15.6 Å². The lowest BCUT2D eigenvalue weighted by Crippen LogP contribution is -2.07. The standard InChI is InChI=1S/C9H10INO2/c10-5-4-7-2-1-3-8(6-7)11-9(12)13/h1-3,6,11H,4-5H2,(H,12,13). The molecule has 0 saturated heterocycles. The Morgan fingerprint density at radius 2 is 2.31 bits per heavy atom. The smallest absolute Gasteiger partial charge is 0.409 e. The predicted octanol–water partition coefficient (Wildman–Crippen LogP) is 2.75. The van der Waals surface area contributed by atoms with Gasteiger partial charge < -0.3 is 5.11 Å². The molecular weight excluding hydrogens is 281 g/mol. The van der Waals surface area contributed by atoms with Crippen LogP contribution in [0.1, 0.15) is 5.56 Å². The number of benzene rings is 1. The summed E-state index contributed by atoms with van der Waals surface area (Å²) in [5, 5.41) is 10.8. The Bertz CT molecular complexity index is 301. The van der Waals surface area contributed by atoms with Gasteiger partial charge in [-0.2, -0.15) is 0 Å². The molecule has 0 radical (unpaired) electrons. The number of aryl methyl sites for hydroxylation is 1. The van der Waals surface area contributed by atoms with Crippen molar-refractivity contribution >= 4 is 34.4 Å². The summed E-state index contributed by atoms with van der Waals surface area (Å²) in [7, 11) is 0. The van der Waals surface area contributed by atoms with E-state index in [0.717, 1.165) is 16.4 Å². The molecule has 3 nitrogen and oxygen atoms in total. The van der Waals surface area contributed by atoms with Crippen LogP contribution in [0.2, 0.25) is 0 Å². The molecule has 1 aromatic rings. The molecule has 0 atom stereocenters. The molecule has 0 aliphatic carbocycles. The third-order valence-electron chi connectivity index (χ3n) is 1.56. The third kappa shape index (κ3) is 3.63. The molecule has 70 valence electrons. The first-order chi connectivity index (χ1) is 6.22. The van der Waals surface area contributed by atoms with Gasteiger partial charge in [-0.15, -0.1) is 0 Å². The Morgan fingerprint density at radius 3 is 2.92 bits per heavy atom. The third-order valence-corrected chi connectivity index (χ3v) is 2.10. The molecular formula is C9H10INO2. The monoisotopic (exact) mass is 291 g/mol. The van der Waals surface area contributed by atoms with Gasteiger partial charge in [0.25, 0.3) is 0 Å². The molecule has 0 spiro atoms. The molecule has 0 heterocycles. The summed E-state index contributed by atoms with van der Waals surface area (Å²) < 4.78 is 1.04. The molecule has 0 aromatic heterocycles. The van der Waals surface area contributed by atoms with E-state index >= 15 is 0 Å². The van der Waals surface area contributed by atoms with Crippen molar-refractivity contribution in [1.29, 1.82) is 0 Å². The number of halogens is 1. The van der Waals surface area contributed by atoms with Crippen LogP contribution >= 0.6 is 22.6 Å². The highest BCUT2D eigenvalue weighted by molar-refractivity contribution is 14.1. The average Bonchev–Trinajstić information content (AvgIpc) is 2.04. The summed E-state index contributed by atoms with van der Waals surface area (Å²) in [5.74, 6) is 0. The van der Waals surface area contributed by atoms with Crippen molar-refractivity contribution in [3.8, 4) is 0 Å². The van der Waals surface area contributed by atoms with Gasteiger partial charge >= 0.3 is 6.09 Å². The quantitative estimate of drug-likeness (QED) is 0.664. The molecule has 0 unspecified atom stereocenters. The number of rotatable bonds is 3. The lowest BCUT2D eigenvalue weighted by Gasteiger charge is -2.02. The molecule has 4 heteroatoms. The number of hydrogen-bond acceptors (Lipinski definition) is 1. The van der Waals surface area contributed by atoms with Crippen LogP contribution in [0.25, 0.3) is 0 Å². The molecule has 0 saturated carbocycles. The van der Waals surface area contributed by atoms with Gasteiger partial charge in [-0.05, 0) is 24.1 Å². The molecule has 0 fully saturated rings. The Hall–Kier alpha value is -0.780. The van der Waals surface area contributed by atoms with Crippen LogP contribution in [0.4, 0.5) is 10.5 Å². The van der Waals surface area contributed by atoms with Gasteiger partial charge in [0.2, 0.25) is 0 Å². The highest BCUT2D eigenvalue weighted by atomic mass is 127. The highest BCUT2D eigenvalue weighted by Crippen LogP contribution is 2.11. The van der Waals surface area contributed by atoms with E-state index in [-0.39, 0.29) is 0 Å². The Morgan fingerprint density at radius 1 is 1.54 bits per heavy atom. The second-order valence-corrected chi connectivity index (χ2v) is 3.65. The zero-order valence-electron chi connectivity index (χ0n) is 6.96. The van der Waals surface area contributed by atoms with Gasteiger partial charge in [0.15, 0.2) is 0 Å². The lowest BCUT2D eigenvalue weighted by atomic mass is 10.1. The van der Waals surface area contributed by atoms with Gasteiger partial charge in [-0.25, -0.2) is 4.79 Å². The number of hydrogen-bond donors (Lipinski definition) is 2. The molecule has 1 aromatic carbocycles. The minimum atomic E-state index is -1.02. The summed E-state index contributed by atoms with van der Waals surface area (Å²) >= 11 is 2.29. The van der Waals surface area contributed by atoms with Crippen LogP contribution < -0.4 is 5.32 Å². The zero-order valence-corrected chi connectivity index (χ0v) is 9.11. The van der Waals surface area contributed by atoms with Crippen LogP contribution in [0.3, 0.4) is 0 Å². The van der Waals surface area contributed by atoms with E-state index in [1.807, 2.05) is 18.2 Å². The van der Waals surface area contributed by atoms with E-state index < -0.39 is 6.09 Å². The maximum atomic E-state index is 10.3. The van der Waals surface area contributed by atoms with Crippen molar-refractivity contribution < 1.29 is 9.90 Å². The summed E-state index contributed by atoms with van der Waals surface area (Å²) in [6.07, 6.45) is -0.0537. The number of amides is 1. The summed E-state index contributed by atoms with van der Waals surface area (Å²) in [6, 6.07) is 7.44. The van der Waals surface area contributed by atoms with Gasteiger partial charge in [0, 0.05) is 10.1 Å². The van der Waals surface area contributed by atoms with Gasteiger partial charge in [0.05, 0.1) is 0 Å². The first kappa shape index (κ1) is 10.3. The van der Waals surface area contributed by atoms with E-state index in [0.29, 0.717) is 5.69 Å². The van der Waals surface area contributed by atoms with Crippen molar-refractivity contribution in [3.05, 3.63) is 29.8 Å². The summed E-state index contributed by atoms with van der Waals surface area (Å²) in [6.45, 7) is 0. The van der Waals surface area contributed by atoms with E-state index in [1.54, 1.807) is 6.07 Å². The van der Waals surface area contributed by atoms with Gasteiger partial charge in [-0.3, -0.25) is 5.32 Å². The van der Waals surface area contributed by atoms with Crippen LogP contribution in [0, 0.1) is 0 Å². The van der Waals surface area contributed by atoms with Crippen molar-refractivity contribution in [3.63, 3.8) is 0 Å². The number of carboxylic acid groups (broad SMARTS) is 1. The van der Waals surface area contributed by atoms with Crippen molar-refractivity contribution in [2.75, 3.05) is 9.74 Å². The topological polar surface area (TPSA) is 49.3 Å². The second-order valence-electron chi connectivity index (χ2n) is 2.57. The average molecular weight is 291 g/mol. The summed E-state index contributed by atoms with van der Waals surface area (Å²) in [5.41, 5.74) is 1.79. The lowest BCUT2D eigenvalue weighted by molar-refractivity contribution is 0.210. The number of anilines is 1. The fraction of sp³-hybridized carbons (Fsp3) is 0.222. The SMILES string of the molecule is O=C(O)Nc1cccc(CCI)c1. The summed E-state index contributed by atoms with van der Waals surface area (Å²) in [4.78, 5) is 10.3. The van der Waals surface area contributed by atoms with Gasteiger partial charge in [0.1, 0.15) is 0 Å². The minimum Gasteiger partial charge on any atom is -0.465 e. The molecule has 13 heavy (non-hydrogen) atoms. The van der Waals surface area contributed by atoms with Crippen LogP contribution in [0.15, 0.2) is 24.3 Å². The molecule has 0 aliphatic heterocycles. The molecule has 2 N–H and O–H groups in total. The molecule has 1 rings (SSSR count).